The van der Waals surface area contributed by atoms with Crippen LogP contribution in [0.25, 0.3) is 0 Å². The van der Waals surface area contributed by atoms with Gasteiger partial charge in [-0.05, 0) is 38.5 Å². The van der Waals surface area contributed by atoms with E-state index in [2.05, 4.69) is 5.32 Å². The molecule has 1 aromatic carbocycles. The number of carbonyl (C=O) groups excluding carboxylic acids is 2. The first-order valence-corrected chi connectivity index (χ1v) is 6.57. The molecule has 0 unspecified atom stereocenters. The average molecular weight is 271 g/mol. The Morgan fingerprint density at radius 1 is 1.45 bits per heavy atom. The third-order valence-corrected chi connectivity index (χ3v) is 3.20. The zero-order valence-electron chi connectivity index (χ0n) is 11.6. The van der Waals surface area contributed by atoms with Crippen LogP contribution < -0.4 is 10.2 Å². The van der Waals surface area contributed by atoms with Crippen molar-refractivity contribution in [2.45, 2.75) is 32.2 Å². The molecule has 0 aromatic heterocycles. The molecule has 0 saturated carbocycles. The molecule has 104 valence electrons. The van der Waals surface area contributed by atoms with Gasteiger partial charge in [-0.1, -0.05) is 6.07 Å². The van der Waals surface area contributed by atoms with Crippen LogP contribution in [0.4, 0.5) is 5.69 Å². The van der Waals surface area contributed by atoms with Crippen molar-refractivity contribution in [1.29, 1.82) is 5.26 Å². The molecule has 20 heavy (non-hydrogen) atoms. The molecule has 5 nitrogen and oxygen atoms in total. The molecule has 1 aromatic rings. The molecule has 0 atom stereocenters. The van der Waals surface area contributed by atoms with Gasteiger partial charge in [0.1, 0.15) is 5.54 Å². The summed E-state index contributed by atoms with van der Waals surface area (Å²) in [5.41, 5.74) is 0.261. The molecule has 0 spiro atoms. The van der Waals surface area contributed by atoms with Gasteiger partial charge < -0.3 is 10.2 Å². The topological polar surface area (TPSA) is 73.2 Å². The largest absolute Gasteiger partial charge is 0.334 e. The Morgan fingerprint density at radius 3 is 2.80 bits per heavy atom. The van der Waals surface area contributed by atoms with E-state index in [1.54, 1.807) is 36.9 Å². The number of hydrogen-bond donors (Lipinski definition) is 1. The first kappa shape index (κ1) is 14.1. The molecule has 5 heteroatoms. The zero-order chi connectivity index (χ0) is 14.8. The van der Waals surface area contributed by atoms with E-state index in [0.29, 0.717) is 18.5 Å². The highest BCUT2D eigenvalue weighted by molar-refractivity contribution is 5.99. The van der Waals surface area contributed by atoms with Gasteiger partial charge in [0.05, 0.1) is 6.07 Å². The molecule has 0 aliphatic carbocycles. The van der Waals surface area contributed by atoms with Gasteiger partial charge in [-0.15, -0.1) is 0 Å². The number of rotatable bonds is 3. The van der Waals surface area contributed by atoms with Gasteiger partial charge in [-0.25, -0.2) is 0 Å². The van der Waals surface area contributed by atoms with Crippen molar-refractivity contribution in [2.24, 2.45) is 0 Å². The minimum absolute atomic E-state index is 0.0833. The van der Waals surface area contributed by atoms with Gasteiger partial charge >= 0.3 is 0 Å². The predicted octanol–water partition coefficient (Wildman–Crippen LogP) is 1.85. The number of hydrogen-bond acceptors (Lipinski definition) is 3. The second kappa shape index (κ2) is 5.33. The molecule has 1 saturated heterocycles. The highest BCUT2D eigenvalue weighted by Crippen LogP contribution is 2.22. The van der Waals surface area contributed by atoms with Crippen molar-refractivity contribution in [1.82, 2.24) is 5.32 Å². The fraction of sp³-hybridized carbons (Fsp3) is 0.400. The molecule has 1 aliphatic heterocycles. The molecular weight excluding hydrogens is 254 g/mol. The van der Waals surface area contributed by atoms with E-state index in [4.69, 9.17) is 5.26 Å². The van der Waals surface area contributed by atoms with E-state index >= 15 is 0 Å². The minimum atomic E-state index is -0.920. The molecule has 1 aliphatic rings. The van der Waals surface area contributed by atoms with E-state index in [0.717, 1.165) is 12.1 Å². The maximum atomic E-state index is 12.1. The Balaban J connectivity index is 2.20. The van der Waals surface area contributed by atoms with Crippen molar-refractivity contribution < 1.29 is 9.59 Å². The summed E-state index contributed by atoms with van der Waals surface area (Å²) in [7, 11) is 0. The maximum absolute atomic E-state index is 12.1. The SMILES string of the molecule is CC(C)(C#N)NC(=O)c1cccc(N2CCCC2=O)c1. The van der Waals surface area contributed by atoms with Crippen molar-refractivity contribution >= 4 is 17.5 Å². The van der Waals surface area contributed by atoms with Gasteiger partial charge in [0.2, 0.25) is 5.91 Å². The lowest BCUT2D eigenvalue weighted by Gasteiger charge is -2.19. The predicted molar refractivity (Wildman–Crippen MR) is 75.2 cm³/mol. The highest BCUT2D eigenvalue weighted by Gasteiger charge is 2.24. The Hall–Kier alpha value is -2.35. The average Bonchev–Trinajstić information content (AvgIpc) is 2.85. The monoisotopic (exact) mass is 271 g/mol. The Bertz CT molecular complexity index is 587. The van der Waals surface area contributed by atoms with Crippen LogP contribution >= 0.6 is 0 Å². The highest BCUT2D eigenvalue weighted by atomic mass is 16.2. The molecule has 1 N–H and O–H groups in total. The van der Waals surface area contributed by atoms with Crippen molar-refractivity contribution in [2.75, 3.05) is 11.4 Å². The number of nitriles is 1. The molecule has 1 fully saturated rings. The Morgan fingerprint density at radius 2 is 2.20 bits per heavy atom. The van der Waals surface area contributed by atoms with Crippen molar-refractivity contribution in [3.63, 3.8) is 0 Å². The lowest BCUT2D eigenvalue weighted by Crippen LogP contribution is -2.42. The molecular formula is C15H17N3O2. The fourth-order valence-corrected chi connectivity index (χ4v) is 2.12. The van der Waals surface area contributed by atoms with Crippen LogP contribution in [0.15, 0.2) is 24.3 Å². The molecule has 0 bridgehead atoms. The normalized spacial score (nSPS) is 15.1. The lowest BCUT2D eigenvalue weighted by molar-refractivity contribution is -0.117. The quantitative estimate of drug-likeness (QED) is 0.911. The molecule has 2 rings (SSSR count). The third kappa shape index (κ3) is 2.97. The molecule has 1 heterocycles. The van der Waals surface area contributed by atoms with Crippen LogP contribution in [0, 0.1) is 11.3 Å². The summed E-state index contributed by atoms with van der Waals surface area (Å²) in [6, 6.07) is 8.94. The number of carbonyl (C=O) groups is 2. The van der Waals surface area contributed by atoms with Gasteiger partial charge in [0, 0.05) is 24.2 Å². The maximum Gasteiger partial charge on any atom is 0.252 e. The summed E-state index contributed by atoms with van der Waals surface area (Å²) in [6.07, 6.45) is 1.40. The first-order chi connectivity index (χ1) is 9.43. The van der Waals surface area contributed by atoms with Crippen LogP contribution in [0.5, 0.6) is 0 Å². The fourth-order valence-electron chi connectivity index (χ4n) is 2.12. The van der Waals surface area contributed by atoms with E-state index in [1.165, 1.54) is 0 Å². The van der Waals surface area contributed by atoms with Gasteiger partial charge in [-0.2, -0.15) is 5.26 Å². The summed E-state index contributed by atoms with van der Waals surface area (Å²) in [5.74, 6) is -0.232. The summed E-state index contributed by atoms with van der Waals surface area (Å²) < 4.78 is 0. The minimum Gasteiger partial charge on any atom is -0.334 e. The number of amides is 2. The van der Waals surface area contributed by atoms with Crippen LogP contribution in [0.3, 0.4) is 0 Å². The zero-order valence-corrected chi connectivity index (χ0v) is 11.6. The van der Waals surface area contributed by atoms with Crippen molar-refractivity contribution in [3.8, 4) is 6.07 Å². The van der Waals surface area contributed by atoms with E-state index in [9.17, 15) is 9.59 Å². The van der Waals surface area contributed by atoms with Crippen LogP contribution in [0.1, 0.15) is 37.0 Å². The second-order valence-electron chi connectivity index (χ2n) is 5.39. The van der Waals surface area contributed by atoms with Gasteiger partial charge in [0.15, 0.2) is 0 Å². The Labute approximate surface area is 118 Å². The van der Waals surface area contributed by atoms with Gasteiger partial charge in [0.25, 0.3) is 5.91 Å². The molecule has 2 amide bonds. The van der Waals surface area contributed by atoms with E-state index in [-0.39, 0.29) is 11.8 Å². The molecule has 0 radical (unpaired) electrons. The third-order valence-electron chi connectivity index (χ3n) is 3.20. The van der Waals surface area contributed by atoms with E-state index in [1.807, 2.05) is 12.1 Å². The Kier molecular flexibility index (Phi) is 3.75. The van der Waals surface area contributed by atoms with Crippen molar-refractivity contribution in [3.05, 3.63) is 29.8 Å². The number of nitrogens with one attached hydrogen (secondary N) is 1. The van der Waals surface area contributed by atoms with Crippen LogP contribution in [-0.2, 0) is 4.79 Å². The summed E-state index contributed by atoms with van der Waals surface area (Å²) in [5, 5.41) is 11.6. The second-order valence-corrected chi connectivity index (χ2v) is 5.39. The standard InChI is InChI=1S/C15H17N3O2/c1-15(2,10-16)17-14(20)11-5-3-6-12(9-11)18-8-4-7-13(18)19/h3,5-6,9H,4,7-8H2,1-2H3,(H,17,20). The summed E-state index contributed by atoms with van der Waals surface area (Å²) in [6.45, 7) is 3.96. The number of benzene rings is 1. The number of nitrogens with zero attached hydrogens (tertiary/aromatic N) is 2. The number of anilines is 1. The van der Waals surface area contributed by atoms with E-state index < -0.39 is 5.54 Å². The van der Waals surface area contributed by atoms with Crippen LogP contribution in [0.2, 0.25) is 0 Å². The lowest BCUT2D eigenvalue weighted by atomic mass is 10.1. The first-order valence-electron chi connectivity index (χ1n) is 6.57. The summed E-state index contributed by atoms with van der Waals surface area (Å²) in [4.78, 5) is 25.5. The van der Waals surface area contributed by atoms with Gasteiger partial charge in [-0.3, -0.25) is 9.59 Å². The van der Waals surface area contributed by atoms with Crippen LogP contribution in [-0.4, -0.2) is 23.9 Å². The smallest absolute Gasteiger partial charge is 0.252 e. The summed E-state index contributed by atoms with van der Waals surface area (Å²) >= 11 is 0.